The van der Waals surface area contributed by atoms with Gasteiger partial charge in [-0.15, -0.1) is 0 Å². The Morgan fingerprint density at radius 1 is 1.42 bits per heavy atom. The Morgan fingerprint density at radius 3 is 2.63 bits per heavy atom. The van der Waals surface area contributed by atoms with Gasteiger partial charge in [0.15, 0.2) is 0 Å². The highest BCUT2D eigenvalue weighted by atomic mass is 32.2. The summed E-state index contributed by atoms with van der Waals surface area (Å²) in [6.07, 6.45) is 1.81. The number of hydrogen-bond acceptors (Lipinski definition) is 5. The second kappa shape index (κ2) is 6.18. The average molecular weight is 294 g/mol. The highest BCUT2D eigenvalue weighted by Gasteiger charge is 2.21. The summed E-state index contributed by atoms with van der Waals surface area (Å²) in [5, 5.41) is 11.5. The first kappa shape index (κ1) is 14.0. The van der Waals surface area contributed by atoms with Crippen LogP contribution in [0.3, 0.4) is 0 Å². The van der Waals surface area contributed by atoms with Crippen LogP contribution in [0.5, 0.6) is 0 Å². The molecular formula is C13H14N2O2S2. The number of likely N-dealkylation sites (N-methyl/N-ethyl adjacent to an activating group) is 1. The molecule has 1 heterocycles. The number of thiocarbonyl (C=S) groups is 1. The molecule has 100 valence electrons. The number of hydrogen-bond donors (Lipinski definition) is 2. The number of amides is 1. The molecule has 0 radical (unpaired) electrons. The van der Waals surface area contributed by atoms with Gasteiger partial charge in [0.1, 0.15) is 4.32 Å². The van der Waals surface area contributed by atoms with Crippen molar-refractivity contribution in [1.82, 2.24) is 5.32 Å². The minimum atomic E-state index is -0.142. The molecule has 0 atom stereocenters. The fourth-order valence-corrected chi connectivity index (χ4v) is 2.72. The van der Waals surface area contributed by atoms with Gasteiger partial charge < -0.3 is 15.3 Å². The molecular weight excluding hydrogens is 280 g/mol. The lowest BCUT2D eigenvalue weighted by molar-refractivity contribution is -0.115. The number of benzene rings is 1. The van der Waals surface area contributed by atoms with Crippen molar-refractivity contribution < 1.29 is 9.90 Å². The molecule has 1 aromatic carbocycles. The lowest BCUT2D eigenvalue weighted by atomic mass is 10.2. The zero-order chi connectivity index (χ0) is 13.8. The largest absolute Gasteiger partial charge is 0.395 e. The van der Waals surface area contributed by atoms with E-state index in [9.17, 15) is 4.79 Å². The van der Waals surface area contributed by atoms with Crippen LogP contribution in [0.2, 0.25) is 0 Å². The van der Waals surface area contributed by atoms with E-state index in [0.717, 1.165) is 11.3 Å². The lowest BCUT2D eigenvalue weighted by Gasteiger charge is -2.17. The van der Waals surface area contributed by atoms with Gasteiger partial charge in [-0.2, -0.15) is 0 Å². The molecule has 4 nitrogen and oxygen atoms in total. The second-order valence-electron chi connectivity index (χ2n) is 4.09. The topological polar surface area (TPSA) is 52.6 Å². The number of thioether (sulfide) groups is 1. The molecule has 0 unspecified atom stereocenters. The molecule has 0 aromatic heterocycles. The van der Waals surface area contributed by atoms with E-state index >= 15 is 0 Å². The zero-order valence-electron chi connectivity index (χ0n) is 10.4. The molecule has 1 aliphatic heterocycles. The van der Waals surface area contributed by atoms with Gasteiger partial charge in [0.05, 0.1) is 11.5 Å². The predicted octanol–water partition coefficient (Wildman–Crippen LogP) is 1.60. The van der Waals surface area contributed by atoms with Gasteiger partial charge in [-0.05, 0) is 23.8 Å². The fraction of sp³-hybridized carbons (Fsp3) is 0.231. The number of anilines is 1. The number of carbonyl (C=O) groups excluding carboxylic acids is 1. The van der Waals surface area contributed by atoms with Gasteiger partial charge >= 0.3 is 0 Å². The Kier molecular flexibility index (Phi) is 4.57. The smallest absolute Gasteiger partial charge is 0.263 e. The van der Waals surface area contributed by atoms with Crippen molar-refractivity contribution >= 4 is 46.0 Å². The molecule has 2 N–H and O–H groups in total. The third kappa shape index (κ3) is 3.56. The minimum absolute atomic E-state index is 0.122. The fourth-order valence-electron chi connectivity index (χ4n) is 1.68. The van der Waals surface area contributed by atoms with E-state index in [1.54, 1.807) is 0 Å². The normalized spacial score (nSPS) is 16.8. The predicted molar refractivity (Wildman–Crippen MR) is 83.1 cm³/mol. The monoisotopic (exact) mass is 294 g/mol. The van der Waals surface area contributed by atoms with Crippen molar-refractivity contribution in [3.63, 3.8) is 0 Å². The van der Waals surface area contributed by atoms with Crippen LogP contribution in [-0.4, -0.2) is 35.5 Å². The third-order valence-electron chi connectivity index (χ3n) is 2.71. The molecule has 0 spiro atoms. The Bertz CT molecular complexity index is 526. The maximum atomic E-state index is 11.5. The first-order valence-electron chi connectivity index (χ1n) is 5.77. The molecule has 19 heavy (non-hydrogen) atoms. The summed E-state index contributed by atoms with van der Waals surface area (Å²) in [5.74, 6) is -0.142. The zero-order valence-corrected chi connectivity index (χ0v) is 12.1. The summed E-state index contributed by atoms with van der Waals surface area (Å²) in [6.45, 7) is 0.712. The van der Waals surface area contributed by atoms with E-state index in [1.165, 1.54) is 11.8 Å². The minimum Gasteiger partial charge on any atom is -0.395 e. The molecule has 2 rings (SSSR count). The molecule has 1 saturated heterocycles. The summed E-state index contributed by atoms with van der Waals surface area (Å²) in [4.78, 5) is 14.1. The van der Waals surface area contributed by atoms with Crippen molar-refractivity contribution in [3.05, 3.63) is 34.7 Å². The molecule has 1 fully saturated rings. The standard InChI is InChI=1S/C13H14N2O2S2/c1-15(6-7-16)10-4-2-9(3-5-10)8-11-12(17)14-13(18)19-11/h2-5,8,16H,6-7H2,1H3,(H,14,17,18)/b11-8-. The lowest BCUT2D eigenvalue weighted by Crippen LogP contribution is -2.20. The van der Waals surface area contributed by atoms with E-state index in [2.05, 4.69) is 5.32 Å². The Labute approximate surface area is 121 Å². The van der Waals surface area contributed by atoms with E-state index in [1.807, 2.05) is 42.3 Å². The van der Waals surface area contributed by atoms with Crippen LogP contribution in [0.4, 0.5) is 5.69 Å². The van der Waals surface area contributed by atoms with Gasteiger partial charge in [-0.25, -0.2) is 0 Å². The summed E-state index contributed by atoms with van der Waals surface area (Å²) < 4.78 is 0.496. The van der Waals surface area contributed by atoms with Crippen molar-refractivity contribution in [2.24, 2.45) is 0 Å². The van der Waals surface area contributed by atoms with Crippen LogP contribution in [-0.2, 0) is 4.79 Å². The van der Waals surface area contributed by atoms with Gasteiger partial charge in [-0.3, -0.25) is 4.79 Å². The summed E-state index contributed by atoms with van der Waals surface area (Å²) in [5.41, 5.74) is 1.97. The first-order chi connectivity index (χ1) is 9.10. The molecule has 0 aliphatic carbocycles. The van der Waals surface area contributed by atoms with Gasteiger partial charge in [0, 0.05) is 19.3 Å². The quantitative estimate of drug-likeness (QED) is 0.652. The van der Waals surface area contributed by atoms with Crippen LogP contribution in [0, 0.1) is 0 Å². The number of nitrogens with one attached hydrogen (secondary N) is 1. The van der Waals surface area contributed by atoms with E-state index < -0.39 is 0 Å². The summed E-state index contributed by atoms with van der Waals surface area (Å²) in [6, 6.07) is 7.78. The van der Waals surface area contributed by atoms with Crippen LogP contribution in [0.15, 0.2) is 29.2 Å². The van der Waals surface area contributed by atoms with Gasteiger partial charge in [0.25, 0.3) is 5.91 Å². The summed E-state index contributed by atoms with van der Waals surface area (Å²) in [7, 11) is 1.92. The van der Waals surface area contributed by atoms with Crippen molar-refractivity contribution in [2.75, 3.05) is 25.1 Å². The maximum Gasteiger partial charge on any atom is 0.263 e. The highest BCUT2D eigenvalue weighted by molar-refractivity contribution is 8.26. The Balaban J connectivity index is 2.13. The molecule has 1 amide bonds. The van der Waals surface area contributed by atoms with Crippen molar-refractivity contribution in [2.45, 2.75) is 0 Å². The third-order valence-corrected chi connectivity index (χ3v) is 3.87. The molecule has 1 aliphatic rings. The number of rotatable bonds is 4. The van der Waals surface area contributed by atoms with Gasteiger partial charge in [0.2, 0.25) is 0 Å². The molecule has 0 saturated carbocycles. The SMILES string of the molecule is CN(CCO)c1ccc(/C=C2\SC(=S)NC2=O)cc1. The number of aliphatic hydroxyl groups is 1. The van der Waals surface area contributed by atoms with Crippen molar-refractivity contribution in [1.29, 1.82) is 0 Å². The summed E-state index contributed by atoms with van der Waals surface area (Å²) >= 11 is 6.21. The second-order valence-corrected chi connectivity index (χ2v) is 5.81. The van der Waals surface area contributed by atoms with Crippen LogP contribution < -0.4 is 10.2 Å². The van der Waals surface area contributed by atoms with Crippen molar-refractivity contribution in [3.8, 4) is 0 Å². The maximum absolute atomic E-state index is 11.5. The van der Waals surface area contributed by atoms with E-state index in [4.69, 9.17) is 17.3 Å². The Morgan fingerprint density at radius 2 is 2.11 bits per heavy atom. The number of carbonyl (C=O) groups is 1. The van der Waals surface area contributed by atoms with Crippen LogP contribution in [0.25, 0.3) is 6.08 Å². The Hall–Kier alpha value is -1.37. The van der Waals surface area contributed by atoms with E-state index in [-0.39, 0.29) is 12.5 Å². The van der Waals surface area contributed by atoms with E-state index in [0.29, 0.717) is 15.8 Å². The molecule has 1 aromatic rings. The van der Waals surface area contributed by atoms with Crippen LogP contribution in [0.1, 0.15) is 5.56 Å². The molecule has 6 heteroatoms. The number of aliphatic hydroxyl groups excluding tert-OH is 1. The first-order valence-corrected chi connectivity index (χ1v) is 6.99. The number of nitrogens with zero attached hydrogens (tertiary/aromatic N) is 1. The van der Waals surface area contributed by atoms with Gasteiger partial charge in [-0.1, -0.05) is 36.1 Å². The highest BCUT2D eigenvalue weighted by Crippen LogP contribution is 2.26. The molecule has 0 bridgehead atoms. The average Bonchev–Trinajstić information content (AvgIpc) is 2.69. The van der Waals surface area contributed by atoms with Crippen LogP contribution >= 0.6 is 24.0 Å².